The lowest BCUT2D eigenvalue weighted by Crippen LogP contribution is -2.25. The van der Waals surface area contributed by atoms with E-state index in [2.05, 4.69) is 9.97 Å². The molecule has 0 aliphatic carbocycles. The van der Waals surface area contributed by atoms with Crippen LogP contribution in [-0.4, -0.2) is 22.2 Å². The van der Waals surface area contributed by atoms with Gasteiger partial charge in [-0.25, -0.2) is 0 Å². The fourth-order valence-corrected chi connectivity index (χ4v) is 1.84. The molecule has 2 atom stereocenters. The van der Waals surface area contributed by atoms with Gasteiger partial charge in [0, 0.05) is 13.3 Å². The monoisotopic (exact) mass is 254 g/mol. The highest BCUT2D eigenvalue weighted by atomic mass is 16.5. The number of nitrogens with zero attached hydrogens (tertiary/aromatic N) is 1. The second-order valence-electron chi connectivity index (χ2n) is 5.14. The molecule has 1 heterocycles. The average Bonchev–Trinajstić information content (AvgIpc) is 2.30. The molecule has 2 N–H and O–H groups in total. The lowest BCUT2D eigenvalue weighted by atomic mass is 10.0. The fraction of sp³-hybridized carbons (Fsp3) is 0.692. The molecule has 1 rings (SSSR count). The van der Waals surface area contributed by atoms with Gasteiger partial charge in [0.2, 0.25) is 0 Å². The molecule has 0 aliphatic rings. The molecule has 18 heavy (non-hydrogen) atoms. The van der Waals surface area contributed by atoms with E-state index in [9.17, 15) is 9.90 Å². The first kappa shape index (κ1) is 14.9. The maximum absolute atomic E-state index is 12.0. The summed E-state index contributed by atoms with van der Waals surface area (Å²) in [6, 6.07) is 0. The van der Waals surface area contributed by atoms with Crippen LogP contribution in [0.3, 0.4) is 0 Å². The minimum Gasteiger partial charge on any atom is -0.387 e. The smallest absolute Gasteiger partial charge is 0.272 e. The van der Waals surface area contributed by atoms with Gasteiger partial charge in [0.1, 0.15) is 11.8 Å². The first-order valence-corrected chi connectivity index (χ1v) is 6.18. The van der Waals surface area contributed by atoms with Crippen LogP contribution in [0.2, 0.25) is 0 Å². The number of ether oxygens (including phenoxy) is 1. The maximum atomic E-state index is 12.0. The Kier molecular flexibility index (Phi) is 5.04. The summed E-state index contributed by atoms with van der Waals surface area (Å²) in [7, 11) is 1.56. The van der Waals surface area contributed by atoms with Crippen molar-refractivity contribution in [3.63, 3.8) is 0 Å². The summed E-state index contributed by atoms with van der Waals surface area (Å²) in [6.45, 7) is 7.68. The minimum absolute atomic E-state index is 0.0246. The number of hydrogen-bond acceptors (Lipinski definition) is 4. The van der Waals surface area contributed by atoms with Crippen LogP contribution in [-0.2, 0) is 4.74 Å². The third kappa shape index (κ3) is 3.17. The number of nitrogens with one attached hydrogen (secondary N) is 1. The lowest BCUT2D eigenvalue weighted by molar-refractivity contribution is 0.0594. The summed E-state index contributed by atoms with van der Waals surface area (Å²) < 4.78 is 5.28. The molecule has 1 unspecified atom stereocenters. The molecule has 1 aromatic heterocycles. The van der Waals surface area contributed by atoms with Gasteiger partial charge in [-0.1, -0.05) is 27.7 Å². The van der Waals surface area contributed by atoms with Gasteiger partial charge in [-0.2, -0.15) is 0 Å². The molecule has 0 fully saturated rings. The second-order valence-corrected chi connectivity index (χ2v) is 5.14. The van der Waals surface area contributed by atoms with Crippen molar-refractivity contribution in [3.8, 4) is 0 Å². The average molecular weight is 254 g/mol. The Balaban J connectivity index is 3.10. The van der Waals surface area contributed by atoms with E-state index in [1.807, 2.05) is 27.7 Å². The van der Waals surface area contributed by atoms with Crippen LogP contribution in [0.5, 0.6) is 0 Å². The van der Waals surface area contributed by atoms with Gasteiger partial charge in [-0.3, -0.25) is 9.78 Å². The Bertz CT molecular complexity index is 440. The van der Waals surface area contributed by atoms with E-state index in [-0.39, 0.29) is 23.5 Å². The Hall–Kier alpha value is -1.20. The minimum atomic E-state index is -0.709. The van der Waals surface area contributed by atoms with Crippen LogP contribution in [0.1, 0.15) is 51.3 Å². The van der Waals surface area contributed by atoms with Crippen LogP contribution >= 0.6 is 0 Å². The highest BCUT2D eigenvalue weighted by Crippen LogP contribution is 2.22. The maximum Gasteiger partial charge on any atom is 0.272 e. The summed E-state index contributed by atoms with van der Waals surface area (Å²) in [5.74, 6) is 0.182. The molecule has 5 heteroatoms. The van der Waals surface area contributed by atoms with Crippen LogP contribution in [0, 0.1) is 11.8 Å². The molecule has 0 radical (unpaired) electrons. The number of methoxy groups -OCH3 is 1. The van der Waals surface area contributed by atoms with Crippen molar-refractivity contribution in [2.24, 2.45) is 11.8 Å². The van der Waals surface area contributed by atoms with E-state index in [0.717, 1.165) is 0 Å². The van der Waals surface area contributed by atoms with E-state index >= 15 is 0 Å². The highest BCUT2D eigenvalue weighted by Gasteiger charge is 2.21. The van der Waals surface area contributed by atoms with Crippen molar-refractivity contribution in [1.82, 2.24) is 9.97 Å². The number of aliphatic hydroxyl groups excluding tert-OH is 1. The zero-order chi connectivity index (χ0) is 13.9. The number of H-pyrrole nitrogens is 1. The zero-order valence-electron chi connectivity index (χ0n) is 11.6. The SMILES string of the molecule is CO[C@@H](c1ncc(C(O)C(C)C)[nH]c1=O)C(C)C. The normalized spacial score (nSPS) is 15.1. The van der Waals surface area contributed by atoms with Crippen molar-refractivity contribution in [2.45, 2.75) is 39.9 Å². The van der Waals surface area contributed by atoms with Crippen molar-refractivity contribution < 1.29 is 9.84 Å². The molecular formula is C13H22N2O3. The summed E-state index contributed by atoms with van der Waals surface area (Å²) in [4.78, 5) is 18.8. The van der Waals surface area contributed by atoms with Gasteiger partial charge in [-0.15, -0.1) is 0 Å². The fourth-order valence-electron chi connectivity index (χ4n) is 1.84. The molecule has 0 bridgehead atoms. The van der Waals surface area contributed by atoms with Gasteiger partial charge in [-0.05, 0) is 11.8 Å². The second kappa shape index (κ2) is 6.11. The largest absolute Gasteiger partial charge is 0.387 e. The Morgan fingerprint density at radius 2 is 1.89 bits per heavy atom. The standard InChI is InChI=1S/C13H22N2O3/c1-7(2)11(16)9-6-14-10(13(17)15-9)12(18-5)8(3)4/h6-8,11-12,16H,1-5H3,(H,15,17)/t11?,12-/m1/s1. The Morgan fingerprint density at radius 1 is 1.28 bits per heavy atom. The Morgan fingerprint density at radius 3 is 2.28 bits per heavy atom. The zero-order valence-corrected chi connectivity index (χ0v) is 11.6. The van der Waals surface area contributed by atoms with E-state index < -0.39 is 6.10 Å². The molecule has 0 aliphatic heterocycles. The van der Waals surface area contributed by atoms with Gasteiger partial charge >= 0.3 is 0 Å². The number of hydrogen-bond donors (Lipinski definition) is 2. The van der Waals surface area contributed by atoms with E-state index in [1.165, 1.54) is 6.20 Å². The third-order valence-corrected chi connectivity index (χ3v) is 2.91. The predicted octanol–water partition coefficient (Wildman–Crippen LogP) is 1.80. The number of aromatic nitrogens is 2. The van der Waals surface area contributed by atoms with Gasteiger partial charge < -0.3 is 14.8 Å². The number of rotatable bonds is 5. The molecule has 102 valence electrons. The van der Waals surface area contributed by atoms with Crippen molar-refractivity contribution in [1.29, 1.82) is 0 Å². The molecule has 1 aromatic rings. The van der Waals surface area contributed by atoms with Crippen LogP contribution < -0.4 is 5.56 Å². The van der Waals surface area contributed by atoms with Crippen molar-refractivity contribution in [2.75, 3.05) is 7.11 Å². The van der Waals surface area contributed by atoms with Gasteiger partial charge in [0.15, 0.2) is 0 Å². The highest BCUT2D eigenvalue weighted by molar-refractivity contribution is 5.08. The first-order valence-electron chi connectivity index (χ1n) is 6.18. The van der Waals surface area contributed by atoms with Gasteiger partial charge in [0.05, 0.1) is 11.8 Å². The quantitative estimate of drug-likeness (QED) is 0.840. The summed E-state index contributed by atoms with van der Waals surface area (Å²) in [6.07, 6.45) is 0.466. The molecule has 0 saturated heterocycles. The molecule has 5 nitrogen and oxygen atoms in total. The molecule has 0 aromatic carbocycles. The van der Waals surface area contributed by atoms with Crippen LogP contribution in [0.25, 0.3) is 0 Å². The first-order chi connectivity index (χ1) is 8.38. The number of aromatic amines is 1. The Labute approximate surface area is 107 Å². The van der Waals surface area contributed by atoms with Crippen LogP contribution in [0.4, 0.5) is 0 Å². The van der Waals surface area contributed by atoms with Gasteiger partial charge in [0.25, 0.3) is 5.56 Å². The topological polar surface area (TPSA) is 75.2 Å². The molecule has 0 amide bonds. The molecule has 0 saturated carbocycles. The van der Waals surface area contributed by atoms with Crippen molar-refractivity contribution in [3.05, 3.63) is 27.9 Å². The van der Waals surface area contributed by atoms with E-state index in [4.69, 9.17) is 4.74 Å². The van der Waals surface area contributed by atoms with E-state index in [0.29, 0.717) is 11.4 Å². The summed E-state index contributed by atoms with van der Waals surface area (Å²) in [5, 5.41) is 9.88. The number of aliphatic hydroxyl groups is 1. The lowest BCUT2D eigenvalue weighted by Gasteiger charge is -2.19. The predicted molar refractivity (Wildman–Crippen MR) is 69.2 cm³/mol. The van der Waals surface area contributed by atoms with E-state index in [1.54, 1.807) is 7.11 Å². The molecular weight excluding hydrogens is 232 g/mol. The third-order valence-electron chi connectivity index (χ3n) is 2.91. The summed E-state index contributed by atoms with van der Waals surface area (Å²) >= 11 is 0. The molecule has 0 spiro atoms. The summed E-state index contributed by atoms with van der Waals surface area (Å²) in [5.41, 5.74) is 0.498. The van der Waals surface area contributed by atoms with Crippen molar-refractivity contribution >= 4 is 0 Å². The van der Waals surface area contributed by atoms with Crippen LogP contribution in [0.15, 0.2) is 11.0 Å².